The Morgan fingerprint density at radius 3 is 1.85 bits per heavy atom. The van der Waals surface area contributed by atoms with Crippen molar-refractivity contribution in [2.75, 3.05) is 0 Å². The van der Waals surface area contributed by atoms with Crippen molar-refractivity contribution in [3.63, 3.8) is 0 Å². The molecule has 0 unspecified atom stereocenters. The van der Waals surface area contributed by atoms with Crippen LogP contribution < -0.4 is 0 Å². The van der Waals surface area contributed by atoms with E-state index < -0.39 is 6.08 Å². The van der Waals surface area contributed by atoms with Gasteiger partial charge in [0.15, 0.2) is 0 Å². The highest BCUT2D eigenvalue weighted by molar-refractivity contribution is 5.03. The first kappa shape index (κ1) is 7.28. The Kier molecular flexibility index (Phi) is 1.40. The molecule has 0 aliphatic heterocycles. The summed E-state index contributed by atoms with van der Waals surface area (Å²) < 4.78 is 7.96. The van der Waals surface area contributed by atoms with Crippen molar-refractivity contribution >= 4 is 0 Å². The third kappa shape index (κ3) is 1.09. The lowest BCUT2D eigenvalue weighted by Gasteiger charge is -2.58. The van der Waals surface area contributed by atoms with Crippen LogP contribution in [0.1, 0.15) is 46.8 Å². The zero-order chi connectivity index (χ0) is 9.97. The van der Waals surface area contributed by atoms with Gasteiger partial charge in [-0.3, -0.25) is 0 Å². The first-order chi connectivity index (χ1) is 6.48. The summed E-state index contributed by atoms with van der Waals surface area (Å²) in [6.45, 7) is 1.71. The van der Waals surface area contributed by atoms with Gasteiger partial charge in [-0.05, 0) is 68.6 Å². The predicted octanol–water partition coefficient (Wildman–Crippen LogP) is 2.58. The van der Waals surface area contributed by atoms with Crippen molar-refractivity contribution in [2.45, 2.75) is 51.5 Å². The summed E-state index contributed by atoms with van der Waals surface area (Å²) in [7, 11) is 0. The second kappa shape index (κ2) is 2.50. The molecule has 0 amide bonds. The maximum absolute atomic E-state index is 10.0. The molecule has 1 heteroatoms. The maximum atomic E-state index is 10.0. The highest BCUT2D eigenvalue weighted by Gasteiger charge is 2.52. The molecule has 0 aromatic rings. The fraction of sp³-hybridized carbons (Fsp3) is 1.00. The molecule has 0 aromatic heterocycles. The molecule has 4 fully saturated rings. The molecule has 0 aromatic carbocycles. The van der Waals surface area contributed by atoms with Crippen molar-refractivity contribution in [2.24, 2.45) is 23.2 Å². The lowest BCUT2D eigenvalue weighted by Crippen LogP contribution is -2.50. The van der Waals surface area contributed by atoms with E-state index in [0.29, 0.717) is 0 Å². The third-order valence-electron chi connectivity index (χ3n) is 4.81. The zero-order valence-electron chi connectivity index (χ0n) is 9.42. The molecule has 4 rings (SSSR count). The second-order valence-electron chi connectivity index (χ2n) is 5.78. The van der Waals surface area contributed by atoms with Gasteiger partial charge in [-0.25, -0.2) is 0 Å². The van der Waals surface area contributed by atoms with Crippen molar-refractivity contribution in [1.29, 1.82) is 0 Å². The molecular formula is C12H20O. The van der Waals surface area contributed by atoms with E-state index >= 15 is 0 Å². The van der Waals surface area contributed by atoms with E-state index in [1.165, 1.54) is 19.3 Å². The molecule has 0 radical (unpaired) electrons. The molecule has 4 bridgehead atoms. The Bertz CT molecular complexity index is 218. The summed E-state index contributed by atoms with van der Waals surface area (Å²) >= 11 is 0. The second-order valence-corrected chi connectivity index (χ2v) is 5.78. The van der Waals surface area contributed by atoms with Crippen molar-refractivity contribution < 1.29 is 6.48 Å². The number of aliphatic hydroxyl groups is 1. The summed E-state index contributed by atoms with van der Waals surface area (Å²) in [6.07, 6.45) is 6.32. The van der Waals surface area contributed by atoms with Gasteiger partial charge in [0.2, 0.25) is 0 Å². The van der Waals surface area contributed by atoms with Crippen LogP contribution in [-0.2, 0) is 0 Å². The zero-order valence-corrected chi connectivity index (χ0v) is 8.42. The van der Waals surface area contributed by atoms with E-state index in [9.17, 15) is 5.11 Å². The molecule has 4 aliphatic carbocycles. The molecule has 1 nitrogen and oxygen atoms in total. The molecule has 74 valence electrons. The lowest BCUT2D eigenvalue weighted by atomic mass is 9.48. The summed E-state index contributed by atoms with van der Waals surface area (Å²) in [5, 5.41) is 10.0. The first-order valence-corrected chi connectivity index (χ1v) is 5.71. The Hall–Kier alpha value is -0.0400. The van der Waals surface area contributed by atoms with Gasteiger partial charge >= 0.3 is 0 Å². The van der Waals surface area contributed by atoms with Crippen LogP contribution in [0.3, 0.4) is 0 Å². The van der Waals surface area contributed by atoms with Crippen molar-refractivity contribution in [3.8, 4) is 0 Å². The van der Waals surface area contributed by atoms with Crippen LogP contribution in [0.25, 0.3) is 0 Å². The number of rotatable bonds is 1. The Morgan fingerprint density at radius 2 is 1.54 bits per heavy atom. The van der Waals surface area contributed by atoms with Crippen LogP contribution in [0.15, 0.2) is 0 Å². The fourth-order valence-electron chi connectivity index (χ4n) is 4.55. The van der Waals surface area contributed by atoms with Gasteiger partial charge in [0, 0.05) is 0 Å². The molecule has 4 saturated carbocycles. The molecule has 0 heterocycles. The van der Waals surface area contributed by atoms with Gasteiger partial charge in [0.25, 0.3) is 0 Å². The van der Waals surface area contributed by atoms with Gasteiger partial charge in [0.1, 0.15) is 0 Å². The van der Waals surface area contributed by atoms with Crippen LogP contribution in [-0.4, -0.2) is 11.2 Å². The monoisotopic (exact) mass is 181 g/mol. The van der Waals surface area contributed by atoms with E-state index in [1.807, 2.05) is 0 Å². The lowest BCUT2D eigenvalue weighted by molar-refractivity contribution is -0.113. The van der Waals surface area contributed by atoms with Gasteiger partial charge in [-0.15, -0.1) is 0 Å². The highest BCUT2D eigenvalue weighted by atomic mass is 16.3. The first-order valence-electron chi connectivity index (χ1n) is 6.21. The average Bonchev–Trinajstić information content (AvgIpc) is 1.98. The van der Waals surface area contributed by atoms with E-state index in [-0.39, 0.29) is 5.41 Å². The summed E-state index contributed by atoms with van der Waals surface area (Å²) in [6, 6.07) is 0. The molecule has 4 aliphatic rings. The van der Waals surface area contributed by atoms with Crippen LogP contribution in [0.2, 0.25) is 0 Å². The molecular weight excluding hydrogens is 160 g/mol. The SMILES string of the molecule is [2H][C@@](C)(O)C12CC3CC(CC(C3)C1)C2. The van der Waals surface area contributed by atoms with Gasteiger partial charge in [-0.1, -0.05) is 0 Å². The normalized spacial score (nSPS) is 58.9. The summed E-state index contributed by atoms with van der Waals surface area (Å²) in [5.74, 6) is 2.49. The molecule has 0 saturated heterocycles. The van der Waals surface area contributed by atoms with E-state index in [2.05, 4.69) is 0 Å². The Balaban J connectivity index is 1.95. The Labute approximate surface area is 81.9 Å². The van der Waals surface area contributed by atoms with E-state index in [4.69, 9.17) is 1.37 Å². The fourth-order valence-corrected chi connectivity index (χ4v) is 4.55. The standard InChI is InChI=1S/C12H20O/c1-8(13)12-5-9-2-10(6-12)4-11(3-9)7-12/h8-11,13H,2-7H2,1H3/t8-,9?,10?,11?,12?/m0/s1/i8D. The predicted molar refractivity (Wildman–Crippen MR) is 52.3 cm³/mol. The van der Waals surface area contributed by atoms with Gasteiger partial charge in [0.05, 0.1) is 7.45 Å². The average molecular weight is 181 g/mol. The minimum absolute atomic E-state index is 0.0399. The van der Waals surface area contributed by atoms with Crippen LogP contribution in [0.5, 0.6) is 0 Å². The third-order valence-corrected chi connectivity index (χ3v) is 4.81. The molecule has 1 atom stereocenters. The quantitative estimate of drug-likeness (QED) is 0.659. The van der Waals surface area contributed by atoms with Crippen molar-refractivity contribution in [3.05, 3.63) is 0 Å². The van der Waals surface area contributed by atoms with Crippen LogP contribution in [0, 0.1) is 23.2 Å². The van der Waals surface area contributed by atoms with E-state index in [0.717, 1.165) is 37.0 Å². The van der Waals surface area contributed by atoms with Gasteiger partial charge in [-0.2, -0.15) is 0 Å². The molecule has 13 heavy (non-hydrogen) atoms. The smallest absolute Gasteiger partial charge is 0.0603 e. The van der Waals surface area contributed by atoms with Crippen LogP contribution >= 0.6 is 0 Å². The Morgan fingerprint density at radius 1 is 1.15 bits per heavy atom. The largest absolute Gasteiger partial charge is 0.393 e. The molecule has 0 spiro atoms. The number of hydrogen-bond donors (Lipinski definition) is 1. The maximum Gasteiger partial charge on any atom is 0.0603 e. The van der Waals surface area contributed by atoms with E-state index in [1.54, 1.807) is 6.92 Å². The molecule has 1 N–H and O–H groups in total. The van der Waals surface area contributed by atoms with Crippen LogP contribution in [0.4, 0.5) is 0 Å². The van der Waals surface area contributed by atoms with Crippen molar-refractivity contribution in [1.82, 2.24) is 0 Å². The minimum Gasteiger partial charge on any atom is -0.393 e. The summed E-state index contributed by atoms with van der Waals surface area (Å²) in [4.78, 5) is 0. The minimum atomic E-state index is -1.19. The van der Waals surface area contributed by atoms with Gasteiger partial charge < -0.3 is 5.11 Å². The highest BCUT2D eigenvalue weighted by Crippen LogP contribution is 2.61. The summed E-state index contributed by atoms with van der Waals surface area (Å²) in [5.41, 5.74) is -0.0399. The number of hydrogen-bond acceptors (Lipinski definition) is 1. The topological polar surface area (TPSA) is 20.2 Å².